The van der Waals surface area contributed by atoms with Crippen molar-refractivity contribution in [1.82, 2.24) is 5.43 Å². The minimum Gasteiger partial charge on any atom is -0.507 e. The molecule has 0 radical (unpaired) electrons. The molecule has 6 heteroatoms. The Labute approximate surface area is 140 Å². The fourth-order valence-electron chi connectivity index (χ4n) is 2.02. The summed E-state index contributed by atoms with van der Waals surface area (Å²) in [4.78, 5) is 11.8. The minimum atomic E-state index is -0.391. The van der Waals surface area contributed by atoms with E-state index < -0.39 is 5.91 Å². The van der Waals surface area contributed by atoms with E-state index in [4.69, 9.17) is 9.47 Å². The molecule has 0 spiro atoms. The number of benzene rings is 2. The van der Waals surface area contributed by atoms with Crippen LogP contribution in [0.3, 0.4) is 0 Å². The van der Waals surface area contributed by atoms with Crippen LogP contribution in [0.5, 0.6) is 17.2 Å². The molecule has 0 aliphatic carbocycles. The van der Waals surface area contributed by atoms with Crippen molar-refractivity contribution < 1.29 is 19.4 Å². The number of amides is 1. The van der Waals surface area contributed by atoms with Crippen molar-refractivity contribution in [3.63, 3.8) is 0 Å². The zero-order chi connectivity index (χ0) is 17.5. The van der Waals surface area contributed by atoms with Crippen LogP contribution in [0.4, 0.5) is 0 Å². The van der Waals surface area contributed by atoms with Crippen LogP contribution in [-0.4, -0.2) is 30.4 Å². The third-order valence-corrected chi connectivity index (χ3v) is 3.30. The van der Waals surface area contributed by atoms with Crippen molar-refractivity contribution in [1.29, 1.82) is 0 Å². The molecule has 2 rings (SSSR count). The largest absolute Gasteiger partial charge is 0.507 e. The molecule has 1 amide bonds. The molecule has 6 nitrogen and oxygen atoms in total. The number of hydrogen-bond donors (Lipinski definition) is 2. The first-order chi connectivity index (χ1) is 11.5. The van der Waals surface area contributed by atoms with Gasteiger partial charge in [0, 0.05) is 5.56 Å². The third kappa shape index (κ3) is 4.74. The Balaban J connectivity index is 1.95. The second-order valence-corrected chi connectivity index (χ2v) is 5.22. The summed E-state index contributed by atoms with van der Waals surface area (Å²) in [6.07, 6.45) is 0. The first-order valence-corrected chi connectivity index (χ1v) is 7.39. The molecule has 0 aromatic heterocycles. The normalized spacial score (nSPS) is 11.0. The Kier molecular flexibility index (Phi) is 5.78. The van der Waals surface area contributed by atoms with Gasteiger partial charge in [0.05, 0.1) is 12.8 Å². The lowest BCUT2D eigenvalue weighted by atomic mass is 10.1. The maximum atomic E-state index is 11.8. The third-order valence-electron chi connectivity index (χ3n) is 3.30. The summed E-state index contributed by atoms with van der Waals surface area (Å²) in [7, 11) is 1.53. The van der Waals surface area contributed by atoms with Crippen molar-refractivity contribution in [2.45, 2.75) is 13.8 Å². The number of aromatic hydroxyl groups is 1. The number of carbonyl (C=O) groups excluding carboxylic acids is 1. The van der Waals surface area contributed by atoms with Gasteiger partial charge in [-0.1, -0.05) is 12.1 Å². The van der Waals surface area contributed by atoms with Gasteiger partial charge in [-0.2, -0.15) is 5.10 Å². The number of phenols is 1. The number of nitrogens with zero attached hydrogens (tertiary/aromatic N) is 1. The number of phenolic OH excluding ortho intramolecular Hbond substituents is 1. The standard InChI is InChI=1S/C18H20N2O4/c1-12-5-4-6-15(9-12)24-11-18(22)20-19-13(2)16-10-14(23-3)7-8-17(16)21/h4-10,21H,11H2,1-3H3,(H,20,22)/b19-13+. The highest BCUT2D eigenvalue weighted by atomic mass is 16.5. The van der Waals surface area contributed by atoms with Crippen molar-refractivity contribution in [3.8, 4) is 17.2 Å². The maximum absolute atomic E-state index is 11.8. The molecule has 126 valence electrons. The summed E-state index contributed by atoms with van der Waals surface area (Å²) >= 11 is 0. The number of methoxy groups -OCH3 is 1. The molecule has 0 unspecified atom stereocenters. The van der Waals surface area contributed by atoms with Crippen molar-refractivity contribution in [3.05, 3.63) is 53.6 Å². The van der Waals surface area contributed by atoms with Gasteiger partial charge in [-0.3, -0.25) is 4.79 Å². The molecule has 0 fully saturated rings. The van der Waals surface area contributed by atoms with Gasteiger partial charge >= 0.3 is 0 Å². The molecule has 0 heterocycles. The Morgan fingerprint density at radius 1 is 1.21 bits per heavy atom. The molecule has 2 N–H and O–H groups in total. The summed E-state index contributed by atoms with van der Waals surface area (Å²) in [5.41, 5.74) is 4.39. The van der Waals surface area contributed by atoms with Crippen LogP contribution in [0.1, 0.15) is 18.1 Å². The Hall–Kier alpha value is -3.02. The summed E-state index contributed by atoms with van der Waals surface area (Å²) in [5.74, 6) is 0.878. The highest BCUT2D eigenvalue weighted by molar-refractivity contribution is 6.01. The van der Waals surface area contributed by atoms with Crippen molar-refractivity contribution >= 4 is 11.6 Å². The van der Waals surface area contributed by atoms with Crippen LogP contribution in [0, 0.1) is 6.92 Å². The Morgan fingerprint density at radius 3 is 2.71 bits per heavy atom. The lowest BCUT2D eigenvalue weighted by Crippen LogP contribution is -2.25. The zero-order valence-electron chi connectivity index (χ0n) is 13.9. The van der Waals surface area contributed by atoms with E-state index in [-0.39, 0.29) is 12.4 Å². The van der Waals surface area contributed by atoms with Crippen LogP contribution in [0.15, 0.2) is 47.6 Å². The molecular weight excluding hydrogens is 308 g/mol. The molecule has 0 aliphatic rings. The molecule has 24 heavy (non-hydrogen) atoms. The van der Waals surface area contributed by atoms with Crippen LogP contribution in [0.25, 0.3) is 0 Å². The van der Waals surface area contributed by atoms with E-state index in [0.29, 0.717) is 22.8 Å². The van der Waals surface area contributed by atoms with E-state index >= 15 is 0 Å². The fourth-order valence-corrected chi connectivity index (χ4v) is 2.02. The summed E-state index contributed by atoms with van der Waals surface area (Å²) < 4.78 is 10.5. The van der Waals surface area contributed by atoms with Crippen LogP contribution < -0.4 is 14.9 Å². The molecule has 0 bridgehead atoms. The molecule has 2 aromatic rings. The molecule has 0 saturated heterocycles. The summed E-state index contributed by atoms with van der Waals surface area (Å²) in [6, 6.07) is 12.2. The molecule has 2 aromatic carbocycles. The first-order valence-electron chi connectivity index (χ1n) is 7.39. The molecular formula is C18H20N2O4. The van der Waals surface area contributed by atoms with Crippen molar-refractivity contribution in [2.75, 3.05) is 13.7 Å². The van der Waals surface area contributed by atoms with Gasteiger partial charge in [0.25, 0.3) is 5.91 Å². The smallest absolute Gasteiger partial charge is 0.277 e. The number of hydrazone groups is 1. The van der Waals surface area contributed by atoms with Gasteiger partial charge in [-0.15, -0.1) is 0 Å². The summed E-state index contributed by atoms with van der Waals surface area (Å²) in [5, 5.41) is 13.9. The highest BCUT2D eigenvalue weighted by Gasteiger charge is 2.08. The van der Waals surface area contributed by atoms with E-state index in [9.17, 15) is 9.90 Å². The average molecular weight is 328 g/mol. The zero-order valence-corrected chi connectivity index (χ0v) is 13.9. The highest BCUT2D eigenvalue weighted by Crippen LogP contribution is 2.23. The van der Waals surface area contributed by atoms with E-state index in [1.807, 2.05) is 25.1 Å². The van der Waals surface area contributed by atoms with Crippen LogP contribution in [0.2, 0.25) is 0 Å². The Morgan fingerprint density at radius 2 is 2.00 bits per heavy atom. The number of hydrogen-bond acceptors (Lipinski definition) is 5. The number of carbonyl (C=O) groups is 1. The quantitative estimate of drug-likeness (QED) is 0.631. The average Bonchev–Trinajstić information content (AvgIpc) is 2.58. The van der Waals surface area contributed by atoms with Crippen molar-refractivity contribution in [2.24, 2.45) is 5.10 Å². The van der Waals surface area contributed by atoms with Crippen LogP contribution in [-0.2, 0) is 4.79 Å². The number of ether oxygens (including phenoxy) is 2. The first kappa shape index (κ1) is 17.3. The number of rotatable bonds is 6. The summed E-state index contributed by atoms with van der Waals surface area (Å²) in [6.45, 7) is 3.47. The van der Waals surface area contributed by atoms with Gasteiger partial charge in [0.2, 0.25) is 0 Å². The topological polar surface area (TPSA) is 80.2 Å². The predicted octanol–water partition coefficient (Wildman–Crippen LogP) is 2.63. The monoisotopic (exact) mass is 328 g/mol. The number of aryl methyl sites for hydroxylation is 1. The van der Waals surface area contributed by atoms with E-state index in [1.165, 1.54) is 13.2 Å². The van der Waals surface area contributed by atoms with Gasteiger partial charge < -0.3 is 14.6 Å². The minimum absolute atomic E-state index is 0.0577. The Bertz CT molecular complexity index is 756. The second kappa shape index (κ2) is 8.01. The van der Waals surface area contributed by atoms with E-state index in [1.54, 1.807) is 25.1 Å². The van der Waals surface area contributed by atoms with E-state index in [0.717, 1.165) is 5.56 Å². The van der Waals surface area contributed by atoms with Gasteiger partial charge in [0.1, 0.15) is 17.2 Å². The lowest BCUT2D eigenvalue weighted by molar-refractivity contribution is -0.123. The lowest BCUT2D eigenvalue weighted by Gasteiger charge is -2.08. The maximum Gasteiger partial charge on any atom is 0.277 e. The molecule has 0 atom stereocenters. The molecule has 0 aliphatic heterocycles. The SMILES string of the molecule is COc1ccc(O)c(/C(C)=N/NC(=O)COc2cccc(C)c2)c1. The van der Waals surface area contributed by atoms with Gasteiger partial charge in [-0.05, 0) is 49.7 Å². The second-order valence-electron chi connectivity index (χ2n) is 5.22. The van der Waals surface area contributed by atoms with Gasteiger partial charge in [0.15, 0.2) is 6.61 Å². The molecule has 0 saturated carbocycles. The number of nitrogens with one attached hydrogen (secondary N) is 1. The van der Waals surface area contributed by atoms with Crippen LogP contribution >= 0.6 is 0 Å². The predicted molar refractivity (Wildman–Crippen MR) is 91.7 cm³/mol. The fraction of sp³-hybridized carbons (Fsp3) is 0.222. The van der Waals surface area contributed by atoms with E-state index in [2.05, 4.69) is 10.5 Å². The van der Waals surface area contributed by atoms with Gasteiger partial charge in [-0.25, -0.2) is 5.43 Å².